The van der Waals surface area contributed by atoms with E-state index in [0.717, 1.165) is 12.1 Å². The third-order valence-corrected chi connectivity index (χ3v) is 4.37. The van der Waals surface area contributed by atoms with Crippen LogP contribution in [0.1, 0.15) is 23.8 Å². The van der Waals surface area contributed by atoms with Gasteiger partial charge >= 0.3 is 0 Å². The van der Waals surface area contributed by atoms with Gasteiger partial charge in [0.2, 0.25) is 0 Å². The second-order valence-electron chi connectivity index (χ2n) is 5.77. The smallest absolute Gasteiger partial charge is 0.274 e. The Labute approximate surface area is 134 Å². The number of halogens is 1. The maximum absolute atomic E-state index is 12.6. The predicted molar refractivity (Wildman–Crippen MR) is 86.2 cm³/mol. The summed E-state index contributed by atoms with van der Waals surface area (Å²) in [7, 11) is 0. The van der Waals surface area contributed by atoms with Gasteiger partial charge in [0.25, 0.3) is 5.91 Å². The van der Waals surface area contributed by atoms with Gasteiger partial charge in [-0.05, 0) is 50.1 Å². The Kier molecular flexibility index (Phi) is 4.18. The van der Waals surface area contributed by atoms with Crippen molar-refractivity contribution >= 4 is 17.5 Å². The van der Waals surface area contributed by atoms with Gasteiger partial charge in [-0.3, -0.25) is 4.79 Å². The van der Waals surface area contributed by atoms with Crippen LogP contribution in [-0.2, 0) is 0 Å². The van der Waals surface area contributed by atoms with Crippen LogP contribution in [0.5, 0.6) is 0 Å². The van der Waals surface area contributed by atoms with E-state index < -0.39 is 0 Å². The van der Waals surface area contributed by atoms with E-state index in [1.54, 1.807) is 23.0 Å². The van der Waals surface area contributed by atoms with Crippen molar-refractivity contribution in [1.29, 1.82) is 0 Å². The van der Waals surface area contributed by atoms with E-state index in [2.05, 4.69) is 12.0 Å². The van der Waals surface area contributed by atoms with Crippen molar-refractivity contribution < 1.29 is 4.79 Å². The maximum Gasteiger partial charge on any atom is 0.274 e. The molecule has 0 spiro atoms. The van der Waals surface area contributed by atoms with Crippen LogP contribution in [0.3, 0.4) is 0 Å². The summed E-state index contributed by atoms with van der Waals surface area (Å²) >= 11 is 5.99. The van der Waals surface area contributed by atoms with Crippen LogP contribution in [0.4, 0.5) is 0 Å². The Balaban J connectivity index is 1.80. The summed E-state index contributed by atoms with van der Waals surface area (Å²) in [5.41, 5.74) is 7.00. The molecule has 2 unspecified atom stereocenters. The number of hydrogen-bond donors (Lipinski definition) is 1. The number of amides is 1. The molecule has 1 saturated heterocycles. The first-order chi connectivity index (χ1) is 10.6. The number of hydrogen-bond acceptors (Lipinski definition) is 3. The summed E-state index contributed by atoms with van der Waals surface area (Å²) in [5, 5.41) is 5.03. The lowest BCUT2D eigenvalue weighted by Crippen LogP contribution is -2.34. The topological polar surface area (TPSA) is 64.2 Å². The monoisotopic (exact) mass is 318 g/mol. The molecule has 3 rings (SSSR count). The van der Waals surface area contributed by atoms with Gasteiger partial charge in [-0.1, -0.05) is 17.7 Å². The minimum absolute atomic E-state index is 0.0378. The van der Waals surface area contributed by atoms with Crippen LogP contribution in [0.2, 0.25) is 5.02 Å². The zero-order valence-electron chi connectivity index (χ0n) is 12.4. The number of likely N-dealkylation sites (tertiary alicyclic amines) is 1. The average Bonchev–Trinajstić information content (AvgIpc) is 3.13. The quantitative estimate of drug-likeness (QED) is 0.944. The zero-order valence-corrected chi connectivity index (χ0v) is 13.2. The lowest BCUT2D eigenvalue weighted by atomic mass is 10.1. The molecule has 116 valence electrons. The molecular formula is C16H19ClN4O. The van der Waals surface area contributed by atoms with Crippen LogP contribution < -0.4 is 5.73 Å². The molecule has 6 heteroatoms. The van der Waals surface area contributed by atoms with E-state index in [0.29, 0.717) is 29.7 Å². The molecule has 0 bridgehead atoms. The van der Waals surface area contributed by atoms with Gasteiger partial charge in [0.1, 0.15) is 0 Å². The normalized spacial score (nSPS) is 21.3. The molecule has 1 aromatic carbocycles. The molecule has 2 N–H and O–H groups in total. The Morgan fingerprint density at radius 1 is 1.45 bits per heavy atom. The highest BCUT2D eigenvalue weighted by molar-refractivity contribution is 6.30. The summed E-state index contributed by atoms with van der Waals surface area (Å²) in [6, 6.07) is 9.32. The number of benzene rings is 1. The third-order valence-electron chi connectivity index (χ3n) is 4.14. The SMILES string of the molecule is CC1CC(CN)CN1C(=O)c1ccn(-c2cccc(Cl)c2)n1. The molecule has 2 aromatic rings. The van der Waals surface area contributed by atoms with Crippen LogP contribution in [0.25, 0.3) is 5.69 Å². The van der Waals surface area contributed by atoms with Gasteiger partial charge < -0.3 is 10.6 Å². The number of nitrogens with zero attached hydrogens (tertiary/aromatic N) is 3. The van der Waals surface area contributed by atoms with Crippen molar-refractivity contribution in [2.45, 2.75) is 19.4 Å². The van der Waals surface area contributed by atoms with Gasteiger partial charge in [0.15, 0.2) is 5.69 Å². The highest BCUT2D eigenvalue weighted by Crippen LogP contribution is 2.24. The maximum atomic E-state index is 12.6. The summed E-state index contributed by atoms with van der Waals surface area (Å²) in [4.78, 5) is 14.5. The standard InChI is InChI=1S/C16H19ClN4O/c1-11-7-12(9-18)10-20(11)16(22)15-5-6-21(19-15)14-4-2-3-13(17)8-14/h2-6,8,11-12H,7,9-10,18H2,1H3. The molecule has 2 heterocycles. The predicted octanol–water partition coefficient (Wildman–Crippen LogP) is 2.33. The largest absolute Gasteiger partial charge is 0.334 e. The van der Waals surface area contributed by atoms with Crippen molar-refractivity contribution in [2.24, 2.45) is 11.7 Å². The van der Waals surface area contributed by atoms with Crippen molar-refractivity contribution in [3.63, 3.8) is 0 Å². The lowest BCUT2D eigenvalue weighted by molar-refractivity contribution is 0.0737. The molecule has 0 radical (unpaired) electrons. The lowest BCUT2D eigenvalue weighted by Gasteiger charge is -2.20. The molecule has 5 nitrogen and oxygen atoms in total. The van der Waals surface area contributed by atoms with Gasteiger partial charge in [-0.25, -0.2) is 4.68 Å². The molecule has 0 aliphatic carbocycles. The number of rotatable bonds is 3. The molecule has 2 atom stereocenters. The highest BCUT2D eigenvalue weighted by Gasteiger charge is 2.32. The summed E-state index contributed by atoms with van der Waals surface area (Å²) < 4.78 is 1.67. The van der Waals surface area contributed by atoms with Crippen molar-refractivity contribution in [2.75, 3.05) is 13.1 Å². The Hall–Kier alpha value is -1.85. The zero-order chi connectivity index (χ0) is 15.7. The summed E-state index contributed by atoms with van der Waals surface area (Å²) in [6.07, 6.45) is 2.73. The van der Waals surface area contributed by atoms with E-state index >= 15 is 0 Å². The van der Waals surface area contributed by atoms with E-state index in [-0.39, 0.29) is 11.9 Å². The fraction of sp³-hybridized carbons (Fsp3) is 0.375. The van der Waals surface area contributed by atoms with Crippen LogP contribution in [-0.4, -0.2) is 39.7 Å². The van der Waals surface area contributed by atoms with Gasteiger partial charge in [0.05, 0.1) is 5.69 Å². The van der Waals surface area contributed by atoms with E-state index in [1.807, 2.05) is 23.1 Å². The summed E-state index contributed by atoms with van der Waals surface area (Å²) in [5.74, 6) is 0.346. The molecule has 1 aromatic heterocycles. The van der Waals surface area contributed by atoms with Gasteiger partial charge in [0, 0.05) is 23.8 Å². The molecule has 1 fully saturated rings. The first kappa shape index (κ1) is 15.1. The summed E-state index contributed by atoms with van der Waals surface area (Å²) in [6.45, 7) is 3.38. The fourth-order valence-corrected chi connectivity index (χ4v) is 3.13. The number of nitrogens with two attached hydrogens (primary N) is 1. The number of aromatic nitrogens is 2. The van der Waals surface area contributed by atoms with E-state index in [9.17, 15) is 4.79 Å². The minimum atomic E-state index is -0.0378. The number of carbonyl (C=O) groups excluding carboxylic acids is 1. The van der Waals surface area contributed by atoms with Crippen LogP contribution in [0, 0.1) is 5.92 Å². The van der Waals surface area contributed by atoms with Crippen molar-refractivity contribution in [3.8, 4) is 5.69 Å². The fourth-order valence-electron chi connectivity index (χ4n) is 2.94. The van der Waals surface area contributed by atoms with E-state index in [4.69, 9.17) is 17.3 Å². The molecule has 1 aliphatic rings. The molecule has 1 amide bonds. The second-order valence-corrected chi connectivity index (χ2v) is 6.21. The van der Waals surface area contributed by atoms with Crippen LogP contribution in [0.15, 0.2) is 36.5 Å². The number of carbonyl (C=O) groups is 1. The van der Waals surface area contributed by atoms with Gasteiger partial charge in [-0.15, -0.1) is 0 Å². The highest BCUT2D eigenvalue weighted by atomic mass is 35.5. The molecule has 1 aliphatic heterocycles. The van der Waals surface area contributed by atoms with Crippen LogP contribution >= 0.6 is 11.6 Å². The first-order valence-corrected chi connectivity index (χ1v) is 7.79. The van der Waals surface area contributed by atoms with Crippen molar-refractivity contribution in [1.82, 2.24) is 14.7 Å². The Morgan fingerprint density at radius 2 is 2.27 bits per heavy atom. The van der Waals surface area contributed by atoms with Gasteiger partial charge in [-0.2, -0.15) is 5.10 Å². The molecule has 22 heavy (non-hydrogen) atoms. The van der Waals surface area contributed by atoms with Crippen molar-refractivity contribution in [3.05, 3.63) is 47.2 Å². The molecular weight excluding hydrogens is 300 g/mol. The Bertz CT molecular complexity index is 684. The Morgan fingerprint density at radius 3 is 2.95 bits per heavy atom. The first-order valence-electron chi connectivity index (χ1n) is 7.41. The van der Waals surface area contributed by atoms with E-state index in [1.165, 1.54) is 0 Å². The minimum Gasteiger partial charge on any atom is -0.334 e. The molecule has 0 saturated carbocycles. The third kappa shape index (κ3) is 2.87. The average molecular weight is 319 g/mol. The second kappa shape index (κ2) is 6.10.